The molecule has 0 aliphatic rings. The van der Waals surface area contributed by atoms with Crippen molar-refractivity contribution in [2.24, 2.45) is 11.7 Å². The summed E-state index contributed by atoms with van der Waals surface area (Å²) in [5.41, 5.74) is 6.32. The van der Waals surface area contributed by atoms with E-state index in [1.165, 1.54) is 4.90 Å². The normalized spacial score (nSPS) is 16.9. The van der Waals surface area contributed by atoms with E-state index in [1.807, 2.05) is 27.7 Å². The molecule has 2 unspecified atom stereocenters. The molecule has 0 saturated carbocycles. The highest BCUT2D eigenvalue weighted by atomic mass is 32.2. The predicted octanol–water partition coefficient (Wildman–Crippen LogP) is 3.21. The van der Waals surface area contributed by atoms with Gasteiger partial charge in [0.05, 0.1) is 5.60 Å². The first-order valence-electron chi connectivity index (χ1n) is 6.03. The number of thioether (sulfide) groups is 1. The number of nitrogens with two attached hydrogens (primary N) is 1. The summed E-state index contributed by atoms with van der Waals surface area (Å²) < 4.78 is 0. The molecule has 1 aromatic carbocycles. The molecule has 0 aliphatic heterocycles. The fourth-order valence-electron chi connectivity index (χ4n) is 1.26. The van der Waals surface area contributed by atoms with Crippen LogP contribution in [0.4, 0.5) is 0 Å². The number of benzene rings is 1. The van der Waals surface area contributed by atoms with E-state index in [0.717, 1.165) is 5.56 Å². The summed E-state index contributed by atoms with van der Waals surface area (Å²) in [4.78, 5) is 1.18. The summed E-state index contributed by atoms with van der Waals surface area (Å²) in [6.07, 6.45) is 0. The van der Waals surface area contributed by atoms with Gasteiger partial charge in [-0.3, -0.25) is 0 Å². The minimum absolute atomic E-state index is 0.0767. The van der Waals surface area contributed by atoms with E-state index in [1.54, 1.807) is 11.8 Å². The van der Waals surface area contributed by atoms with Gasteiger partial charge in [0.15, 0.2) is 0 Å². The average molecular weight is 253 g/mol. The van der Waals surface area contributed by atoms with Crippen LogP contribution < -0.4 is 5.73 Å². The van der Waals surface area contributed by atoms with Crippen molar-refractivity contribution in [3.8, 4) is 0 Å². The Bertz CT molecular complexity index is 344. The van der Waals surface area contributed by atoms with Crippen molar-refractivity contribution in [3.05, 3.63) is 29.8 Å². The van der Waals surface area contributed by atoms with Gasteiger partial charge >= 0.3 is 0 Å². The van der Waals surface area contributed by atoms with Crippen molar-refractivity contribution in [1.82, 2.24) is 0 Å². The summed E-state index contributed by atoms with van der Waals surface area (Å²) in [6.45, 7) is 7.95. The number of hydrogen-bond acceptors (Lipinski definition) is 3. The highest BCUT2D eigenvalue weighted by Crippen LogP contribution is 2.27. The molecular weight excluding hydrogens is 230 g/mol. The highest BCUT2D eigenvalue weighted by molar-refractivity contribution is 7.99. The van der Waals surface area contributed by atoms with Crippen LogP contribution in [0.15, 0.2) is 29.2 Å². The fourth-order valence-corrected chi connectivity index (χ4v) is 2.38. The summed E-state index contributed by atoms with van der Waals surface area (Å²) >= 11 is 1.69. The molecule has 3 N–H and O–H groups in total. The Labute approximate surface area is 109 Å². The van der Waals surface area contributed by atoms with Crippen molar-refractivity contribution >= 4 is 11.8 Å². The lowest BCUT2D eigenvalue weighted by Crippen LogP contribution is -2.33. The van der Waals surface area contributed by atoms with Gasteiger partial charge in [0, 0.05) is 16.7 Å². The molecular formula is C14H23NOS. The Hall–Kier alpha value is -0.510. The van der Waals surface area contributed by atoms with Crippen molar-refractivity contribution in [2.45, 2.75) is 44.2 Å². The number of aliphatic hydroxyl groups is 1. The molecule has 2 atom stereocenters. The van der Waals surface area contributed by atoms with Gasteiger partial charge in [-0.25, -0.2) is 0 Å². The maximum atomic E-state index is 10.2. The molecule has 0 bridgehead atoms. The zero-order valence-corrected chi connectivity index (χ0v) is 11.9. The summed E-state index contributed by atoms with van der Waals surface area (Å²) in [5, 5.41) is 10.2. The SMILES string of the molecule is CC(N)c1ccc(SCC(C)(O)C(C)C)cc1. The molecule has 0 saturated heterocycles. The van der Waals surface area contributed by atoms with Crippen LogP contribution in [0.25, 0.3) is 0 Å². The van der Waals surface area contributed by atoms with Gasteiger partial charge in [0.25, 0.3) is 0 Å². The van der Waals surface area contributed by atoms with E-state index in [2.05, 4.69) is 24.3 Å². The summed E-state index contributed by atoms with van der Waals surface area (Å²) in [5.74, 6) is 0.973. The number of hydrogen-bond donors (Lipinski definition) is 2. The van der Waals surface area contributed by atoms with Gasteiger partial charge in [0.1, 0.15) is 0 Å². The molecule has 0 radical (unpaired) electrons. The van der Waals surface area contributed by atoms with Crippen LogP contribution in [0.3, 0.4) is 0 Å². The van der Waals surface area contributed by atoms with E-state index in [0.29, 0.717) is 5.75 Å². The fraction of sp³-hybridized carbons (Fsp3) is 0.571. The zero-order valence-electron chi connectivity index (χ0n) is 11.1. The van der Waals surface area contributed by atoms with Gasteiger partial charge in [-0.05, 0) is 37.5 Å². The molecule has 0 heterocycles. The molecule has 3 heteroatoms. The van der Waals surface area contributed by atoms with Gasteiger partial charge < -0.3 is 10.8 Å². The largest absolute Gasteiger partial charge is 0.389 e. The van der Waals surface area contributed by atoms with Gasteiger partial charge in [0.2, 0.25) is 0 Å². The molecule has 0 aromatic heterocycles. The van der Waals surface area contributed by atoms with Crippen LogP contribution in [-0.4, -0.2) is 16.5 Å². The van der Waals surface area contributed by atoms with E-state index >= 15 is 0 Å². The third-order valence-corrected chi connectivity index (χ3v) is 4.52. The monoisotopic (exact) mass is 253 g/mol. The van der Waals surface area contributed by atoms with Crippen LogP contribution in [-0.2, 0) is 0 Å². The number of rotatable bonds is 5. The van der Waals surface area contributed by atoms with Crippen LogP contribution >= 0.6 is 11.8 Å². The van der Waals surface area contributed by atoms with E-state index in [9.17, 15) is 5.11 Å². The van der Waals surface area contributed by atoms with Crippen molar-refractivity contribution in [1.29, 1.82) is 0 Å². The quantitative estimate of drug-likeness (QED) is 0.792. The van der Waals surface area contributed by atoms with Crippen LogP contribution in [0.2, 0.25) is 0 Å². The second-order valence-corrected chi connectivity index (χ2v) is 6.21. The Morgan fingerprint density at radius 3 is 2.18 bits per heavy atom. The van der Waals surface area contributed by atoms with Crippen LogP contribution in [0.5, 0.6) is 0 Å². The first-order chi connectivity index (χ1) is 7.83. The molecule has 1 aromatic rings. The Morgan fingerprint density at radius 1 is 1.24 bits per heavy atom. The van der Waals surface area contributed by atoms with E-state index < -0.39 is 5.60 Å². The minimum atomic E-state index is -0.621. The third kappa shape index (κ3) is 4.34. The molecule has 0 fully saturated rings. The van der Waals surface area contributed by atoms with E-state index in [4.69, 9.17) is 5.73 Å². The molecule has 2 nitrogen and oxygen atoms in total. The lowest BCUT2D eigenvalue weighted by molar-refractivity contribution is 0.0376. The molecule has 96 valence electrons. The minimum Gasteiger partial charge on any atom is -0.389 e. The van der Waals surface area contributed by atoms with Gasteiger partial charge in [-0.15, -0.1) is 11.8 Å². The second kappa shape index (κ2) is 5.89. The lowest BCUT2D eigenvalue weighted by Gasteiger charge is -2.27. The Kier molecular flexibility index (Phi) is 5.04. The van der Waals surface area contributed by atoms with Crippen molar-refractivity contribution in [2.75, 3.05) is 5.75 Å². The van der Waals surface area contributed by atoms with Crippen LogP contribution in [0.1, 0.15) is 39.3 Å². The summed E-state index contributed by atoms with van der Waals surface area (Å²) in [6, 6.07) is 8.32. The second-order valence-electron chi connectivity index (χ2n) is 5.16. The third-order valence-electron chi connectivity index (χ3n) is 3.18. The molecule has 17 heavy (non-hydrogen) atoms. The average Bonchev–Trinajstić information content (AvgIpc) is 2.27. The van der Waals surface area contributed by atoms with Gasteiger partial charge in [-0.1, -0.05) is 26.0 Å². The lowest BCUT2D eigenvalue weighted by atomic mass is 9.95. The topological polar surface area (TPSA) is 46.2 Å². The predicted molar refractivity (Wildman–Crippen MR) is 75.2 cm³/mol. The van der Waals surface area contributed by atoms with Crippen molar-refractivity contribution < 1.29 is 5.11 Å². The first-order valence-corrected chi connectivity index (χ1v) is 7.02. The molecule has 0 amide bonds. The van der Waals surface area contributed by atoms with Gasteiger partial charge in [-0.2, -0.15) is 0 Å². The first kappa shape index (κ1) is 14.6. The zero-order chi connectivity index (χ0) is 13.1. The molecule has 0 spiro atoms. The van der Waals surface area contributed by atoms with Crippen LogP contribution in [0, 0.1) is 5.92 Å². The smallest absolute Gasteiger partial charge is 0.0736 e. The maximum absolute atomic E-state index is 10.2. The van der Waals surface area contributed by atoms with Crippen molar-refractivity contribution in [3.63, 3.8) is 0 Å². The molecule has 0 aliphatic carbocycles. The molecule has 1 rings (SSSR count). The maximum Gasteiger partial charge on any atom is 0.0736 e. The standard InChI is InChI=1S/C14H23NOS/c1-10(2)14(4,16)9-17-13-7-5-12(6-8-13)11(3)15/h5-8,10-11,16H,9,15H2,1-4H3. The highest BCUT2D eigenvalue weighted by Gasteiger charge is 2.24. The Morgan fingerprint density at radius 2 is 1.76 bits per heavy atom. The Balaban J connectivity index is 2.59. The van der Waals surface area contributed by atoms with E-state index in [-0.39, 0.29) is 12.0 Å². The summed E-state index contributed by atoms with van der Waals surface area (Å²) in [7, 11) is 0.